The molecule has 0 fully saturated rings. The Bertz CT molecular complexity index is 1420. The summed E-state index contributed by atoms with van der Waals surface area (Å²) in [4.78, 5) is 4.78. The monoisotopic (exact) mass is 421 g/mol. The number of fused-ring (bicyclic) bond motifs is 2. The number of aliphatic imine (C=N–C) groups is 1. The van der Waals surface area contributed by atoms with E-state index in [-0.39, 0.29) is 0 Å². The minimum absolute atomic E-state index is 0.758. The van der Waals surface area contributed by atoms with E-state index in [1.165, 1.54) is 5.39 Å². The summed E-state index contributed by atoms with van der Waals surface area (Å²) in [6, 6.07) is 32.8. The molecule has 0 radical (unpaired) electrons. The van der Waals surface area contributed by atoms with Crippen molar-refractivity contribution in [3.8, 4) is 16.9 Å². The summed E-state index contributed by atoms with van der Waals surface area (Å²) < 4.78 is 5.25. The van der Waals surface area contributed by atoms with E-state index in [4.69, 9.17) is 21.3 Å². The van der Waals surface area contributed by atoms with Gasteiger partial charge in [0.25, 0.3) is 0 Å². The Balaban J connectivity index is 1.73. The van der Waals surface area contributed by atoms with Gasteiger partial charge in [0.05, 0.1) is 12.8 Å². The van der Waals surface area contributed by atoms with Crippen molar-refractivity contribution in [1.29, 1.82) is 0 Å². The summed E-state index contributed by atoms with van der Waals surface area (Å²) in [7, 11) is 1.66. The normalized spacial score (nSPS) is 11.4. The molecule has 150 valence electrons. The third kappa shape index (κ3) is 3.67. The quantitative estimate of drug-likeness (QED) is 0.269. The van der Waals surface area contributed by atoms with E-state index in [1.807, 2.05) is 48.7 Å². The van der Waals surface area contributed by atoms with Crippen LogP contribution in [0.3, 0.4) is 0 Å². The van der Waals surface area contributed by atoms with E-state index in [9.17, 15) is 0 Å². The predicted octanol–water partition coefficient (Wildman–Crippen LogP) is 8.07. The standard InChI is InChI=1S/C28H20ClNO/c1-31-21-13-11-20(12-14-21)30-18-27-22-7-3-2-6-19(22)10-15-25(27)24-16-17-28(29)26-9-5-4-8-23(24)26/h2-18H,1H3. The Hall–Kier alpha value is -3.62. The fourth-order valence-electron chi connectivity index (χ4n) is 3.97. The average molecular weight is 422 g/mol. The van der Waals surface area contributed by atoms with Crippen LogP contribution in [0.1, 0.15) is 5.56 Å². The SMILES string of the molecule is COc1ccc(N=Cc2c(-c3ccc(Cl)c4ccccc34)ccc3ccccc23)cc1. The minimum Gasteiger partial charge on any atom is -0.497 e. The van der Waals surface area contributed by atoms with E-state index in [0.29, 0.717) is 0 Å². The zero-order valence-electron chi connectivity index (χ0n) is 17.0. The number of methoxy groups -OCH3 is 1. The number of ether oxygens (including phenoxy) is 1. The largest absolute Gasteiger partial charge is 0.497 e. The van der Waals surface area contributed by atoms with Gasteiger partial charge in [0.1, 0.15) is 5.75 Å². The number of hydrogen-bond acceptors (Lipinski definition) is 2. The molecule has 0 atom stereocenters. The van der Waals surface area contributed by atoms with Crippen LogP contribution in [0.4, 0.5) is 5.69 Å². The Labute approximate surface area is 186 Å². The van der Waals surface area contributed by atoms with Crippen molar-refractivity contribution < 1.29 is 4.74 Å². The molecule has 5 aromatic carbocycles. The molecule has 0 heterocycles. The molecule has 0 N–H and O–H groups in total. The topological polar surface area (TPSA) is 21.6 Å². The maximum Gasteiger partial charge on any atom is 0.119 e. The van der Waals surface area contributed by atoms with Crippen LogP contribution < -0.4 is 4.74 Å². The van der Waals surface area contributed by atoms with Gasteiger partial charge < -0.3 is 4.74 Å². The molecule has 0 aliphatic heterocycles. The molecule has 0 bridgehead atoms. The molecule has 31 heavy (non-hydrogen) atoms. The second-order valence-corrected chi connectivity index (χ2v) is 7.75. The summed E-state index contributed by atoms with van der Waals surface area (Å²) in [5.41, 5.74) is 4.23. The highest BCUT2D eigenvalue weighted by molar-refractivity contribution is 6.36. The average Bonchev–Trinajstić information content (AvgIpc) is 2.83. The van der Waals surface area contributed by atoms with Crippen LogP contribution in [0.2, 0.25) is 5.02 Å². The van der Waals surface area contributed by atoms with Crippen molar-refractivity contribution >= 4 is 45.0 Å². The van der Waals surface area contributed by atoms with Gasteiger partial charge in [-0.3, -0.25) is 4.99 Å². The van der Waals surface area contributed by atoms with Crippen LogP contribution in [-0.2, 0) is 0 Å². The second kappa shape index (κ2) is 8.25. The summed E-state index contributed by atoms with van der Waals surface area (Å²) in [5.74, 6) is 0.817. The number of rotatable bonds is 4. The van der Waals surface area contributed by atoms with E-state index in [1.54, 1.807) is 7.11 Å². The Morgan fingerprint density at radius 1 is 0.677 bits per heavy atom. The first-order valence-corrected chi connectivity index (χ1v) is 10.5. The molecule has 0 unspecified atom stereocenters. The summed E-state index contributed by atoms with van der Waals surface area (Å²) in [6.45, 7) is 0. The number of nitrogens with zero attached hydrogens (tertiary/aromatic N) is 1. The second-order valence-electron chi connectivity index (χ2n) is 7.34. The summed E-state index contributed by atoms with van der Waals surface area (Å²) in [6.07, 6.45) is 1.96. The third-order valence-corrected chi connectivity index (χ3v) is 5.88. The van der Waals surface area contributed by atoms with Crippen molar-refractivity contribution in [3.05, 3.63) is 108 Å². The van der Waals surface area contributed by atoms with E-state index < -0.39 is 0 Å². The highest BCUT2D eigenvalue weighted by Crippen LogP contribution is 2.36. The Kier molecular flexibility index (Phi) is 5.15. The fraction of sp³-hybridized carbons (Fsp3) is 0.0357. The van der Waals surface area contributed by atoms with Crippen molar-refractivity contribution in [2.24, 2.45) is 4.99 Å². The number of hydrogen-bond donors (Lipinski definition) is 0. The van der Waals surface area contributed by atoms with E-state index >= 15 is 0 Å². The van der Waals surface area contributed by atoms with Crippen LogP contribution in [-0.4, -0.2) is 13.3 Å². The van der Waals surface area contributed by atoms with Gasteiger partial charge in [-0.2, -0.15) is 0 Å². The molecule has 2 nitrogen and oxygen atoms in total. The van der Waals surface area contributed by atoms with Gasteiger partial charge in [0, 0.05) is 22.2 Å². The van der Waals surface area contributed by atoms with Crippen LogP contribution in [0.5, 0.6) is 5.75 Å². The molecule has 0 aliphatic carbocycles. The first-order chi connectivity index (χ1) is 15.2. The Morgan fingerprint density at radius 2 is 1.35 bits per heavy atom. The molecule has 0 aromatic heterocycles. The van der Waals surface area contributed by atoms with Gasteiger partial charge in [-0.1, -0.05) is 78.3 Å². The van der Waals surface area contributed by atoms with Crippen molar-refractivity contribution in [2.75, 3.05) is 7.11 Å². The van der Waals surface area contributed by atoms with Crippen molar-refractivity contribution in [1.82, 2.24) is 0 Å². The van der Waals surface area contributed by atoms with Gasteiger partial charge in [0.15, 0.2) is 0 Å². The summed E-state index contributed by atoms with van der Waals surface area (Å²) >= 11 is 6.48. The number of benzene rings is 5. The zero-order valence-corrected chi connectivity index (χ0v) is 17.8. The minimum atomic E-state index is 0.758. The molecule has 0 saturated carbocycles. The smallest absolute Gasteiger partial charge is 0.119 e. The lowest BCUT2D eigenvalue weighted by atomic mass is 9.91. The molecule has 0 aliphatic rings. The molecule has 5 aromatic rings. The molecular weight excluding hydrogens is 402 g/mol. The molecular formula is C28H20ClNO. The maximum atomic E-state index is 6.48. The lowest BCUT2D eigenvalue weighted by Crippen LogP contribution is -1.92. The van der Waals surface area contributed by atoms with Crippen LogP contribution in [0.15, 0.2) is 102 Å². The first-order valence-electron chi connectivity index (χ1n) is 10.1. The highest BCUT2D eigenvalue weighted by atomic mass is 35.5. The third-order valence-electron chi connectivity index (χ3n) is 5.55. The van der Waals surface area contributed by atoms with Gasteiger partial charge in [-0.05, 0) is 57.6 Å². The molecule has 0 saturated heterocycles. The molecule has 0 spiro atoms. The lowest BCUT2D eigenvalue weighted by molar-refractivity contribution is 0.415. The molecule has 0 amide bonds. The van der Waals surface area contributed by atoms with E-state index in [2.05, 4.69) is 54.6 Å². The Morgan fingerprint density at radius 3 is 2.13 bits per heavy atom. The van der Waals surface area contributed by atoms with Crippen molar-refractivity contribution in [2.45, 2.75) is 0 Å². The first kappa shape index (κ1) is 19.3. The van der Waals surface area contributed by atoms with E-state index in [0.717, 1.165) is 49.3 Å². The molecule has 3 heteroatoms. The van der Waals surface area contributed by atoms with Crippen LogP contribution >= 0.6 is 11.6 Å². The van der Waals surface area contributed by atoms with Gasteiger partial charge in [0.2, 0.25) is 0 Å². The predicted molar refractivity (Wildman–Crippen MR) is 132 cm³/mol. The highest BCUT2D eigenvalue weighted by Gasteiger charge is 2.12. The maximum absolute atomic E-state index is 6.48. The van der Waals surface area contributed by atoms with Crippen LogP contribution in [0, 0.1) is 0 Å². The van der Waals surface area contributed by atoms with Gasteiger partial charge in [-0.25, -0.2) is 0 Å². The fourth-order valence-corrected chi connectivity index (χ4v) is 4.20. The van der Waals surface area contributed by atoms with Gasteiger partial charge >= 0.3 is 0 Å². The zero-order chi connectivity index (χ0) is 21.2. The van der Waals surface area contributed by atoms with Crippen molar-refractivity contribution in [3.63, 3.8) is 0 Å². The van der Waals surface area contributed by atoms with Crippen LogP contribution in [0.25, 0.3) is 32.7 Å². The van der Waals surface area contributed by atoms with Gasteiger partial charge in [-0.15, -0.1) is 0 Å². The number of halogens is 1. The lowest BCUT2D eigenvalue weighted by Gasteiger charge is -2.13. The summed E-state index contributed by atoms with van der Waals surface area (Å²) in [5, 5.41) is 5.28. The molecule has 5 rings (SSSR count).